The molecule has 0 aromatic carbocycles. The van der Waals surface area contributed by atoms with Crippen molar-refractivity contribution in [2.45, 2.75) is 71.1 Å². The third-order valence-corrected chi connectivity index (χ3v) is 2.77. The molecule has 0 aliphatic carbocycles. The Morgan fingerprint density at radius 3 is 1.82 bits per heavy atom. The topological polar surface area (TPSA) is 35.5 Å². The molecule has 0 heterocycles. The van der Waals surface area contributed by atoms with Crippen LogP contribution in [0.15, 0.2) is 0 Å². The van der Waals surface area contributed by atoms with E-state index in [0.717, 1.165) is 12.8 Å². The summed E-state index contributed by atoms with van der Waals surface area (Å²) in [5.74, 6) is 0. The minimum absolute atomic E-state index is 0.439. The minimum atomic E-state index is -0.905. The van der Waals surface area contributed by atoms with Crippen LogP contribution in [0, 0.1) is 0 Å². The zero-order chi connectivity index (χ0) is 12.8. The molecule has 0 radical (unpaired) electrons. The number of halogens is 1. The fourth-order valence-electron chi connectivity index (χ4n) is 1.74. The number of unbranched alkanes of at least 4 members (excludes halogenated alkanes) is 9. The van der Waals surface area contributed by atoms with Crippen LogP contribution in [0.2, 0.25) is 0 Å². The van der Waals surface area contributed by atoms with E-state index in [4.69, 9.17) is 11.6 Å². The Morgan fingerprint density at radius 2 is 1.35 bits per heavy atom. The predicted molar refractivity (Wildman–Crippen MR) is 70.1 cm³/mol. The first-order valence-electron chi connectivity index (χ1n) is 6.76. The van der Waals surface area contributed by atoms with Gasteiger partial charge in [0.05, 0.1) is 6.61 Å². The van der Waals surface area contributed by atoms with Crippen LogP contribution in [0.5, 0.6) is 0 Å². The molecule has 0 saturated heterocycles. The smallest absolute Gasteiger partial charge is 0.280 e. The van der Waals surface area contributed by atoms with E-state index in [9.17, 15) is 4.79 Å². The van der Waals surface area contributed by atoms with Gasteiger partial charge in [-0.15, -0.1) is 0 Å². The van der Waals surface area contributed by atoms with Crippen molar-refractivity contribution in [3.63, 3.8) is 0 Å². The monoisotopic (exact) mass is 264 g/mol. The molecule has 4 heteroatoms. The van der Waals surface area contributed by atoms with Crippen LogP contribution in [0.1, 0.15) is 71.1 Å². The highest BCUT2D eigenvalue weighted by Gasteiger charge is 1.96. The normalized spacial score (nSPS) is 10.5. The average molecular weight is 265 g/mol. The van der Waals surface area contributed by atoms with Gasteiger partial charge in [-0.2, -0.15) is 4.89 Å². The van der Waals surface area contributed by atoms with Crippen LogP contribution in [0.3, 0.4) is 0 Å². The lowest BCUT2D eigenvalue weighted by molar-refractivity contribution is -0.231. The van der Waals surface area contributed by atoms with Crippen molar-refractivity contribution in [1.82, 2.24) is 0 Å². The molecule has 0 spiro atoms. The maximum Gasteiger partial charge on any atom is 0.435 e. The van der Waals surface area contributed by atoms with Gasteiger partial charge in [-0.3, -0.25) is 4.89 Å². The molecule has 0 aromatic heterocycles. The van der Waals surface area contributed by atoms with E-state index in [2.05, 4.69) is 16.7 Å². The third kappa shape index (κ3) is 15.7. The van der Waals surface area contributed by atoms with Crippen molar-refractivity contribution in [2.24, 2.45) is 0 Å². The summed E-state index contributed by atoms with van der Waals surface area (Å²) in [4.78, 5) is 18.9. The van der Waals surface area contributed by atoms with Crippen LogP contribution in [-0.4, -0.2) is 12.0 Å². The van der Waals surface area contributed by atoms with Crippen molar-refractivity contribution < 1.29 is 14.6 Å². The van der Waals surface area contributed by atoms with Gasteiger partial charge in [0.25, 0.3) is 0 Å². The summed E-state index contributed by atoms with van der Waals surface area (Å²) in [7, 11) is 0. The quantitative estimate of drug-likeness (QED) is 0.210. The second-order valence-electron chi connectivity index (χ2n) is 4.32. The van der Waals surface area contributed by atoms with Crippen molar-refractivity contribution in [3.8, 4) is 0 Å². The summed E-state index contributed by atoms with van der Waals surface area (Å²) in [5, 5.41) is 0. The molecular weight excluding hydrogens is 240 g/mol. The average Bonchev–Trinajstić information content (AvgIpc) is 2.30. The van der Waals surface area contributed by atoms with E-state index in [1.54, 1.807) is 0 Å². The van der Waals surface area contributed by atoms with Gasteiger partial charge in [-0.1, -0.05) is 64.7 Å². The standard InChI is InChI=1S/C13H25ClO3/c1-2-3-4-5-6-7-8-9-10-11-12-16-17-13(14)15/h2-12H2,1H3. The van der Waals surface area contributed by atoms with Crippen LogP contribution < -0.4 is 0 Å². The van der Waals surface area contributed by atoms with Crippen molar-refractivity contribution >= 4 is 17.0 Å². The maximum atomic E-state index is 10.1. The van der Waals surface area contributed by atoms with Gasteiger partial charge >= 0.3 is 5.43 Å². The highest BCUT2D eigenvalue weighted by atomic mass is 35.5. The number of hydrogen-bond acceptors (Lipinski definition) is 3. The molecule has 0 unspecified atom stereocenters. The largest absolute Gasteiger partial charge is 0.435 e. The molecule has 0 amide bonds. The molecule has 0 rings (SSSR count). The summed E-state index contributed by atoms with van der Waals surface area (Å²) >= 11 is 4.93. The first-order chi connectivity index (χ1) is 8.27. The number of carbonyl (C=O) groups is 1. The van der Waals surface area contributed by atoms with Gasteiger partial charge in [0.15, 0.2) is 0 Å². The predicted octanol–water partition coefficient (Wildman–Crippen LogP) is 5.21. The first kappa shape index (κ1) is 16.7. The van der Waals surface area contributed by atoms with Crippen molar-refractivity contribution in [3.05, 3.63) is 0 Å². The highest BCUT2D eigenvalue weighted by molar-refractivity contribution is 6.61. The molecular formula is C13H25ClO3. The summed E-state index contributed by atoms with van der Waals surface area (Å²) in [6, 6.07) is 0. The first-order valence-corrected chi connectivity index (χ1v) is 7.14. The van der Waals surface area contributed by atoms with E-state index in [1.807, 2.05) is 0 Å². The zero-order valence-corrected chi connectivity index (χ0v) is 11.6. The van der Waals surface area contributed by atoms with Gasteiger partial charge in [-0.05, 0) is 6.42 Å². The molecule has 102 valence electrons. The molecule has 0 fully saturated rings. The van der Waals surface area contributed by atoms with Crippen LogP contribution >= 0.6 is 11.6 Å². The van der Waals surface area contributed by atoms with Gasteiger partial charge < -0.3 is 0 Å². The molecule has 0 atom stereocenters. The zero-order valence-electron chi connectivity index (χ0n) is 10.9. The minimum Gasteiger partial charge on any atom is -0.280 e. The molecule has 0 bridgehead atoms. The second kappa shape index (κ2) is 13.8. The lowest BCUT2D eigenvalue weighted by Gasteiger charge is -2.02. The lowest BCUT2D eigenvalue weighted by Crippen LogP contribution is -1.98. The highest BCUT2D eigenvalue weighted by Crippen LogP contribution is 2.10. The number of rotatable bonds is 12. The maximum absolute atomic E-state index is 10.1. The lowest BCUT2D eigenvalue weighted by atomic mass is 10.1. The Kier molecular flexibility index (Phi) is 13.6. The Balaban J connectivity index is 2.91. The molecule has 0 aliphatic rings. The fraction of sp³-hybridized carbons (Fsp3) is 0.923. The van der Waals surface area contributed by atoms with Crippen LogP contribution in [0.25, 0.3) is 0 Å². The summed E-state index contributed by atoms with van der Waals surface area (Å²) in [5.41, 5.74) is -0.905. The Labute approximate surface area is 110 Å². The van der Waals surface area contributed by atoms with Gasteiger partial charge in [0.2, 0.25) is 0 Å². The third-order valence-electron chi connectivity index (χ3n) is 2.71. The fourth-order valence-corrected chi connectivity index (χ4v) is 1.78. The van der Waals surface area contributed by atoms with Gasteiger partial charge in [-0.25, -0.2) is 4.79 Å². The van der Waals surface area contributed by atoms with E-state index in [1.165, 1.54) is 51.4 Å². The Bertz CT molecular complexity index is 174. The summed E-state index contributed by atoms with van der Waals surface area (Å²) in [6.45, 7) is 2.68. The summed E-state index contributed by atoms with van der Waals surface area (Å²) < 4.78 is 0. The Hall–Kier alpha value is -0.280. The second-order valence-corrected chi connectivity index (χ2v) is 4.63. The SMILES string of the molecule is CCCCCCCCCCCCOOC(=O)Cl. The van der Waals surface area contributed by atoms with Crippen molar-refractivity contribution in [1.29, 1.82) is 0 Å². The number of hydrogen-bond donors (Lipinski definition) is 0. The van der Waals surface area contributed by atoms with Crippen LogP contribution in [0.4, 0.5) is 4.79 Å². The van der Waals surface area contributed by atoms with Crippen LogP contribution in [-0.2, 0) is 9.78 Å². The summed E-state index contributed by atoms with van der Waals surface area (Å²) in [6.07, 6.45) is 12.7. The molecule has 17 heavy (non-hydrogen) atoms. The van der Waals surface area contributed by atoms with E-state index < -0.39 is 5.43 Å². The van der Waals surface area contributed by atoms with Gasteiger partial charge in [0.1, 0.15) is 0 Å². The van der Waals surface area contributed by atoms with E-state index in [-0.39, 0.29) is 0 Å². The molecule has 0 aliphatic heterocycles. The molecule has 3 nitrogen and oxygen atoms in total. The Morgan fingerprint density at radius 1 is 0.882 bits per heavy atom. The molecule has 0 saturated carbocycles. The van der Waals surface area contributed by atoms with E-state index >= 15 is 0 Å². The number of carbonyl (C=O) groups excluding carboxylic acids is 1. The van der Waals surface area contributed by atoms with Crippen molar-refractivity contribution in [2.75, 3.05) is 6.61 Å². The van der Waals surface area contributed by atoms with E-state index in [0.29, 0.717) is 6.61 Å². The molecule has 0 N–H and O–H groups in total. The van der Waals surface area contributed by atoms with Gasteiger partial charge in [0, 0.05) is 11.6 Å². The molecule has 0 aromatic rings.